The molecule has 0 N–H and O–H groups in total. The van der Waals surface area contributed by atoms with E-state index in [1.165, 1.54) is 4.90 Å². The van der Waals surface area contributed by atoms with Gasteiger partial charge in [0.1, 0.15) is 0 Å². The zero-order chi connectivity index (χ0) is 12.6. The number of aryl methyl sites for hydroxylation is 2. The van der Waals surface area contributed by atoms with E-state index < -0.39 is 0 Å². The molecule has 1 aromatic carbocycles. The molecular weight excluding hydrogens is 238 g/mol. The zero-order valence-electron chi connectivity index (χ0n) is 9.92. The number of hydrogen-bond acceptors (Lipinski definition) is 2. The first-order chi connectivity index (χ1) is 8.00. The van der Waals surface area contributed by atoms with Crippen LogP contribution in [0.15, 0.2) is 12.1 Å². The molecule has 2 amide bonds. The normalized spacial score (nSPS) is 16.5. The fraction of sp³-hybridized carbons (Fsp3) is 0.385. The van der Waals surface area contributed by atoms with Crippen LogP contribution in [0.4, 0.5) is 5.69 Å². The third kappa shape index (κ3) is 2.20. The largest absolute Gasteiger partial charge is 0.274 e. The lowest BCUT2D eigenvalue weighted by atomic mass is 10.0. The molecule has 3 nitrogen and oxygen atoms in total. The van der Waals surface area contributed by atoms with Gasteiger partial charge in [0.05, 0.1) is 10.7 Å². The van der Waals surface area contributed by atoms with Gasteiger partial charge in [0.15, 0.2) is 0 Å². The van der Waals surface area contributed by atoms with E-state index >= 15 is 0 Å². The first-order valence-electron chi connectivity index (χ1n) is 5.63. The lowest BCUT2D eigenvalue weighted by molar-refractivity contribution is -0.129. The number of rotatable bonds is 1. The van der Waals surface area contributed by atoms with Gasteiger partial charge in [-0.05, 0) is 37.5 Å². The van der Waals surface area contributed by atoms with Crippen molar-refractivity contribution in [2.75, 3.05) is 4.90 Å². The second kappa shape index (κ2) is 4.49. The van der Waals surface area contributed by atoms with Crippen LogP contribution >= 0.6 is 11.6 Å². The summed E-state index contributed by atoms with van der Waals surface area (Å²) < 4.78 is 0. The molecule has 1 fully saturated rings. The maximum Gasteiger partial charge on any atom is 0.233 e. The molecule has 0 aromatic heterocycles. The molecule has 4 heteroatoms. The van der Waals surface area contributed by atoms with Gasteiger partial charge in [0, 0.05) is 12.8 Å². The third-order valence-electron chi connectivity index (χ3n) is 2.90. The summed E-state index contributed by atoms with van der Waals surface area (Å²) in [5.41, 5.74) is 2.43. The van der Waals surface area contributed by atoms with Crippen LogP contribution in [0.5, 0.6) is 0 Å². The summed E-state index contributed by atoms with van der Waals surface area (Å²) in [6, 6.07) is 3.70. The lowest BCUT2D eigenvalue weighted by Crippen LogP contribution is -2.40. The molecule has 1 aromatic rings. The van der Waals surface area contributed by atoms with Crippen LogP contribution in [0.1, 0.15) is 30.4 Å². The van der Waals surface area contributed by atoms with E-state index in [0.717, 1.165) is 11.1 Å². The van der Waals surface area contributed by atoms with Crippen LogP contribution < -0.4 is 4.90 Å². The average molecular weight is 252 g/mol. The first-order valence-corrected chi connectivity index (χ1v) is 6.01. The van der Waals surface area contributed by atoms with E-state index in [4.69, 9.17) is 11.6 Å². The molecule has 1 aliphatic heterocycles. The smallest absolute Gasteiger partial charge is 0.233 e. The molecule has 0 radical (unpaired) electrons. The predicted octanol–water partition coefficient (Wildman–Crippen LogP) is 3.00. The molecule has 0 atom stereocenters. The van der Waals surface area contributed by atoms with E-state index in [9.17, 15) is 9.59 Å². The minimum Gasteiger partial charge on any atom is -0.274 e. The number of piperidine rings is 1. The molecule has 0 spiro atoms. The highest BCUT2D eigenvalue weighted by molar-refractivity contribution is 6.35. The third-order valence-corrected chi connectivity index (χ3v) is 3.19. The summed E-state index contributed by atoms with van der Waals surface area (Å²) in [6.45, 7) is 3.80. The van der Waals surface area contributed by atoms with Gasteiger partial charge >= 0.3 is 0 Å². The van der Waals surface area contributed by atoms with Crippen LogP contribution in [0, 0.1) is 13.8 Å². The lowest BCUT2D eigenvalue weighted by Gasteiger charge is -2.27. The highest BCUT2D eigenvalue weighted by Gasteiger charge is 2.29. The van der Waals surface area contributed by atoms with Crippen molar-refractivity contribution in [3.05, 3.63) is 28.3 Å². The Labute approximate surface area is 105 Å². The molecule has 1 aliphatic rings. The summed E-state index contributed by atoms with van der Waals surface area (Å²) >= 11 is 6.15. The SMILES string of the molecule is Cc1cc(C)c(N2C(=O)CCCC2=O)c(Cl)c1. The first kappa shape index (κ1) is 12.1. The number of imide groups is 1. The molecule has 1 saturated heterocycles. The summed E-state index contributed by atoms with van der Waals surface area (Å²) in [5, 5.41) is 0.464. The van der Waals surface area contributed by atoms with Crippen molar-refractivity contribution in [1.82, 2.24) is 0 Å². The second-order valence-corrected chi connectivity index (χ2v) is 4.80. The average Bonchev–Trinajstić information content (AvgIpc) is 2.21. The van der Waals surface area contributed by atoms with E-state index in [1.807, 2.05) is 19.9 Å². The standard InChI is InChI=1S/C13H14ClNO2/c1-8-6-9(2)13(10(14)7-8)15-11(16)4-3-5-12(15)17/h6-7H,3-5H2,1-2H3. The molecule has 2 rings (SSSR count). The Kier molecular flexibility index (Phi) is 3.20. The highest BCUT2D eigenvalue weighted by Crippen LogP contribution is 2.33. The number of halogens is 1. The van der Waals surface area contributed by atoms with Crippen molar-refractivity contribution in [3.63, 3.8) is 0 Å². The number of amides is 2. The van der Waals surface area contributed by atoms with Crippen LogP contribution in [0.3, 0.4) is 0 Å². The molecular formula is C13H14ClNO2. The van der Waals surface area contributed by atoms with Crippen molar-refractivity contribution in [3.8, 4) is 0 Å². The van der Waals surface area contributed by atoms with Gasteiger partial charge in [0.2, 0.25) is 11.8 Å². The number of carbonyl (C=O) groups is 2. The van der Waals surface area contributed by atoms with Gasteiger partial charge in [-0.2, -0.15) is 0 Å². The van der Waals surface area contributed by atoms with E-state index in [0.29, 0.717) is 30.0 Å². The van der Waals surface area contributed by atoms with Gasteiger partial charge in [0.25, 0.3) is 0 Å². The summed E-state index contributed by atoms with van der Waals surface area (Å²) in [4.78, 5) is 24.9. The minimum atomic E-state index is -0.157. The van der Waals surface area contributed by atoms with Crippen molar-refractivity contribution < 1.29 is 9.59 Å². The maximum atomic E-state index is 11.8. The van der Waals surface area contributed by atoms with Gasteiger partial charge < -0.3 is 0 Å². The van der Waals surface area contributed by atoms with Crippen molar-refractivity contribution in [2.45, 2.75) is 33.1 Å². The van der Waals surface area contributed by atoms with Gasteiger partial charge in [-0.3, -0.25) is 9.59 Å². The fourth-order valence-electron chi connectivity index (χ4n) is 2.19. The van der Waals surface area contributed by atoms with Gasteiger partial charge in [-0.15, -0.1) is 0 Å². The quantitative estimate of drug-likeness (QED) is 0.720. The highest BCUT2D eigenvalue weighted by atomic mass is 35.5. The van der Waals surface area contributed by atoms with Gasteiger partial charge in [-0.1, -0.05) is 17.7 Å². The van der Waals surface area contributed by atoms with E-state index in [-0.39, 0.29) is 11.8 Å². The Bertz CT molecular complexity index is 457. The van der Waals surface area contributed by atoms with E-state index in [1.54, 1.807) is 6.07 Å². The minimum absolute atomic E-state index is 0.157. The topological polar surface area (TPSA) is 37.4 Å². The van der Waals surface area contributed by atoms with Crippen LogP contribution in [0.2, 0.25) is 5.02 Å². The number of nitrogens with zero attached hydrogens (tertiary/aromatic N) is 1. The monoisotopic (exact) mass is 251 g/mol. The van der Waals surface area contributed by atoms with Crippen molar-refractivity contribution >= 4 is 29.1 Å². The molecule has 0 saturated carbocycles. The Balaban J connectivity index is 2.52. The predicted molar refractivity (Wildman–Crippen MR) is 67.3 cm³/mol. The van der Waals surface area contributed by atoms with Crippen molar-refractivity contribution in [2.24, 2.45) is 0 Å². The Hall–Kier alpha value is -1.35. The summed E-state index contributed by atoms with van der Waals surface area (Å²) in [5.74, 6) is -0.315. The molecule has 0 unspecified atom stereocenters. The molecule has 90 valence electrons. The zero-order valence-corrected chi connectivity index (χ0v) is 10.7. The Morgan fingerprint density at radius 2 is 1.71 bits per heavy atom. The maximum absolute atomic E-state index is 11.8. The molecule has 0 aliphatic carbocycles. The van der Waals surface area contributed by atoms with Gasteiger partial charge in [-0.25, -0.2) is 4.90 Å². The molecule has 17 heavy (non-hydrogen) atoms. The summed E-state index contributed by atoms with van der Waals surface area (Å²) in [7, 11) is 0. The summed E-state index contributed by atoms with van der Waals surface area (Å²) in [6.07, 6.45) is 1.46. The van der Waals surface area contributed by atoms with E-state index in [2.05, 4.69) is 0 Å². The molecule has 1 heterocycles. The molecule has 0 bridgehead atoms. The second-order valence-electron chi connectivity index (χ2n) is 4.39. The number of anilines is 1. The Morgan fingerprint density at radius 1 is 1.12 bits per heavy atom. The fourth-order valence-corrected chi connectivity index (χ4v) is 2.60. The number of benzene rings is 1. The number of hydrogen-bond donors (Lipinski definition) is 0. The number of carbonyl (C=O) groups excluding carboxylic acids is 2. The van der Waals surface area contributed by atoms with Crippen LogP contribution in [-0.2, 0) is 9.59 Å². The Morgan fingerprint density at radius 3 is 2.24 bits per heavy atom. The van der Waals surface area contributed by atoms with Crippen LogP contribution in [0.25, 0.3) is 0 Å². The van der Waals surface area contributed by atoms with Crippen LogP contribution in [-0.4, -0.2) is 11.8 Å². The van der Waals surface area contributed by atoms with Crippen molar-refractivity contribution in [1.29, 1.82) is 0 Å².